The number of ether oxygens (including phenoxy) is 2. The molecule has 4 atom stereocenters. The third-order valence-electron chi connectivity index (χ3n) is 4.86. The molecule has 4 nitrogen and oxygen atoms in total. The topological polar surface area (TPSA) is 38.8 Å². The highest BCUT2D eigenvalue weighted by molar-refractivity contribution is 5.79. The number of carbonyl (C=O) groups excluding carboxylic acids is 1. The molecule has 3 rings (SSSR count). The fourth-order valence-corrected chi connectivity index (χ4v) is 3.81. The number of morpholine rings is 1. The maximum atomic E-state index is 12.8. The molecule has 4 heteroatoms. The SMILES string of the molecule is C=CCO[C@@H]1CC[C@@H]2[C@@H]1OCCN2C(=O)C1CC=CCC1. The van der Waals surface area contributed by atoms with Crippen LogP contribution in [0.3, 0.4) is 0 Å². The van der Waals surface area contributed by atoms with Gasteiger partial charge in [0.1, 0.15) is 6.10 Å². The standard InChI is InChI=1S/C17H25NO3/c1-2-11-20-15-9-8-14-16(15)21-12-10-18(14)17(19)13-6-4-3-5-7-13/h2-4,13-16H,1,5-12H2/t13?,14-,15-,16+/m1/s1. The van der Waals surface area contributed by atoms with Crippen LogP contribution >= 0.6 is 0 Å². The van der Waals surface area contributed by atoms with Crippen molar-refractivity contribution in [3.05, 3.63) is 24.8 Å². The van der Waals surface area contributed by atoms with Crippen LogP contribution in [-0.2, 0) is 14.3 Å². The molecule has 0 spiro atoms. The van der Waals surface area contributed by atoms with Crippen LogP contribution < -0.4 is 0 Å². The van der Waals surface area contributed by atoms with E-state index in [2.05, 4.69) is 23.6 Å². The zero-order valence-corrected chi connectivity index (χ0v) is 12.6. The van der Waals surface area contributed by atoms with Crippen LogP contribution in [0.2, 0.25) is 0 Å². The highest BCUT2D eigenvalue weighted by Crippen LogP contribution is 2.34. The molecule has 0 bridgehead atoms. The molecule has 21 heavy (non-hydrogen) atoms. The lowest BCUT2D eigenvalue weighted by Gasteiger charge is -2.40. The van der Waals surface area contributed by atoms with E-state index in [4.69, 9.17) is 9.47 Å². The summed E-state index contributed by atoms with van der Waals surface area (Å²) in [7, 11) is 0. The molecule has 116 valence electrons. The minimum atomic E-state index is 0.0433. The van der Waals surface area contributed by atoms with Crippen LogP contribution in [0.25, 0.3) is 0 Å². The van der Waals surface area contributed by atoms with Gasteiger partial charge in [-0.3, -0.25) is 4.79 Å². The van der Waals surface area contributed by atoms with Crippen molar-refractivity contribution >= 4 is 5.91 Å². The monoisotopic (exact) mass is 291 g/mol. The van der Waals surface area contributed by atoms with E-state index < -0.39 is 0 Å². The van der Waals surface area contributed by atoms with E-state index in [0.29, 0.717) is 19.1 Å². The van der Waals surface area contributed by atoms with Gasteiger partial charge in [-0.15, -0.1) is 6.58 Å². The Bertz CT molecular complexity index is 420. The fourth-order valence-electron chi connectivity index (χ4n) is 3.81. The van der Waals surface area contributed by atoms with Gasteiger partial charge in [0.15, 0.2) is 0 Å². The Kier molecular flexibility index (Phi) is 4.76. The first-order valence-electron chi connectivity index (χ1n) is 8.11. The molecule has 0 aromatic carbocycles. The smallest absolute Gasteiger partial charge is 0.226 e. The summed E-state index contributed by atoms with van der Waals surface area (Å²) in [6.07, 6.45) is 11.1. The number of fused-ring (bicyclic) bond motifs is 1. The molecule has 1 heterocycles. The van der Waals surface area contributed by atoms with Crippen molar-refractivity contribution in [2.24, 2.45) is 5.92 Å². The Labute approximate surface area is 126 Å². The Morgan fingerprint density at radius 2 is 2.29 bits per heavy atom. The maximum absolute atomic E-state index is 12.8. The molecule has 0 N–H and O–H groups in total. The molecule has 0 aromatic rings. The predicted molar refractivity (Wildman–Crippen MR) is 80.9 cm³/mol. The van der Waals surface area contributed by atoms with Crippen LogP contribution in [0.15, 0.2) is 24.8 Å². The van der Waals surface area contributed by atoms with E-state index in [9.17, 15) is 4.79 Å². The summed E-state index contributed by atoms with van der Waals surface area (Å²) >= 11 is 0. The molecule has 0 radical (unpaired) electrons. The number of carbonyl (C=O) groups is 1. The van der Waals surface area contributed by atoms with Crippen molar-refractivity contribution in [3.63, 3.8) is 0 Å². The lowest BCUT2D eigenvalue weighted by molar-refractivity contribution is -0.155. The van der Waals surface area contributed by atoms with Crippen molar-refractivity contribution in [2.45, 2.75) is 50.4 Å². The summed E-state index contributed by atoms with van der Waals surface area (Å²) in [6.45, 7) is 5.61. The summed E-state index contributed by atoms with van der Waals surface area (Å²) in [5.74, 6) is 0.490. The first kappa shape index (κ1) is 14.8. The average molecular weight is 291 g/mol. The number of allylic oxidation sites excluding steroid dienone is 2. The Morgan fingerprint density at radius 1 is 1.38 bits per heavy atom. The molecule has 1 saturated heterocycles. The van der Waals surface area contributed by atoms with E-state index in [0.717, 1.165) is 38.6 Å². The molecule has 1 unspecified atom stereocenters. The van der Waals surface area contributed by atoms with Crippen LogP contribution in [0.5, 0.6) is 0 Å². The van der Waals surface area contributed by atoms with Crippen molar-refractivity contribution in [1.82, 2.24) is 4.90 Å². The molecular formula is C17H25NO3. The first-order chi connectivity index (χ1) is 10.3. The molecule has 2 aliphatic carbocycles. The van der Waals surface area contributed by atoms with E-state index in [1.807, 2.05) is 0 Å². The van der Waals surface area contributed by atoms with Gasteiger partial charge in [0, 0.05) is 12.5 Å². The van der Waals surface area contributed by atoms with Crippen LogP contribution in [0.1, 0.15) is 32.1 Å². The van der Waals surface area contributed by atoms with Gasteiger partial charge >= 0.3 is 0 Å². The van der Waals surface area contributed by atoms with Crippen molar-refractivity contribution in [3.8, 4) is 0 Å². The summed E-state index contributed by atoms with van der Waals surface area (Å²) in [6, 6.07) is 0.201. The Morgan fingerprint density at radius 3 is 3.05 bits per heavy atom. The van der Waals surface area contributed by atoms with E-state index >= 15 is 0 Å². The Hall–Kier alpha value is -1.13. The largest absolute Gasteiger partial charge is 0.372 e. The summed E-state index contributed by atoms with van der Waals surface area (Å²) in [5, 5.41) is 0. The second-order valence-electron chi connectivity index (χ2n) is 6.15. The lowest BCUT2D eigenvalue weighted by atomic mass is 9.92. The lowest BCUT2D eigenvalue weighted by Crippen LogP contribution is -2.55. The van der Waals surface area contributed by atoms with Gasteiger partial charge in [-0.25, -0.2) is 0 Å². The van der Waals surface area contributed by atoms with Gasteiger partial charge in [0.25, 0.3) is 0 Å². The van der Waals surface area contributed by atoms with E-state index in [1.165, 1.54) is 0 Å². The summed E-state index contributed by atoms with van der Waals surface area (Å²) in [5.41, 5.74) is 0. The van der Waals surface area contributed by atoms with E-state index in [1.54, 1.807) is 6.08 Å². The van der Waals surface area contributed by atoms with Crippen molar-refractivity contribution < 1.29 is 14.3 Å². The third kappa shape index (κ3) is 3.06. The maximum Gasteiger partial charge on any atom is 0.226 e. The van der Waals surface area contributed by atoms with Gasteiger partial charge < -0.3 is 14.4 Å². The van der Waals surface area contributed by atoms with Gasteiger partial charge in [0.2, 0.25) is 5.91 Å². The zero-order valence-electron chi connectivity index (χ0n) is 12.6. The molecule has 3 aliphatic rings. The number of rotatable bonds is 4. The molecule has 2 fully saturated rings. The van der Waals surface area contributed by atoms with Crippen molar-refractivity contribution in [2.75, 3.05) is 19.8 Å². The zero-order chi connectivity index (χ0) is 14.7. The molecule has 1 saturated carbocycles. The highest BCUT2D eigenvalue weighted by atomic mass is 16.5. The minimum Gasteiger partial charge on any atom is -0.372 e. The normalized spacial score (nSPS) is 35.5. The minimum absolute atomic E-state index is 0.0433. The third-order valence-corrected chi connectivity index (χ3v) is 4.86. The van der Waals surface area contributed by atoms with Gasteiger partial charge in [0.05, 0.1) is 25.4 Å². The summed E-state index contributed by atoms with van der Waals surface area (Å²) in [4.78, 5) is 14.9. The highest BCUT2D eigenvalue weighted by Gasteiger charge is 2.45. The summed E-state index contributed by atoms with van der Waals surface area (Å²) < 4.78 is 11.7. The second kappa shape index (κ2) is 6.75. The number of hydrogen-bond donors (Lipinski definition) is 0. The van der Waals surface area contributed by atoms with Crippen LogP contribution in [0, 0.1) is 5.92 Å². The molecule has 1 aliphatic heterocycles. The number of nitrogens with zero attached hydrogens (tertiary/aromatic N) is 1. The van der Waals surface area contributed by atoms with Gasteiger partial charge in [-0.2, -0.15) is 0 Å². The molecular weight excluding hydrogens is 266 g/mol. The second-order valence-corrected chi connectivity index (χ2v) is 6.15. The van der Waals surface area contributed by atoms with Gasteiger partial charge in [-0.05, 0) is 32.1 Å². The van der Waals surface area contributed by atoms with Crippen LogP contribution in [-0.4, -0.2) is 48.8 Å². The first-order valence-corrected chi connectivity index (χ1v) is 8.11. The van der Waals surface area contributed by atoms with Crippen molar-refractivity contribution in [1.29, 1.82) is 0 Å². The Balaban J connectivity index is 1.65. The number of hydrogen-bond acceptors (Lipinski definition) is 3. The predicted octanol–water partition coefficient (Wildman–Crippen LogP) is 2.30. The fraction of sp³-hybridized carbons (Fsp3) is 0.706. The van der Waals surface area contributed by atoms with Crippen LogP contribution in [0.4, 0.5) is 0 Å². The quantitative estimate of drug-likeness (QED) is 0.746. The average Bonchev–Trinajstić information content (AvgIpc) is 2.96. The number of amides is 1. The van der Waals surface area contributed by atoms with Gasteiger partial charge in [-0.1, -0.05) is 18.2 Å². The molecule has 0 aromatic heterocycles. The van der Waals surface area contributed by atoms with E-state index in [-0.39, 0.29) is 24.2 Å². The molecule has 1 amide bonds.